The number of benzene rings is 2. The monoisotopic (exact) mass is 380 g/mol. The number of anilines is 1. The second-order valence-corrected chi connectivity index (χ2v) is 6.96. The van der Waals surface area contributed by atoms with Crippen molar-refractivity contribution >= 4 is 28.3 Å². The summed E-state index contributed by atoms with van der Waals surface area (Å²) in [5.74, 6) is 0.445. The Balaban J connectivity index is 1.89. The molecule has 0 radical (unpaired) electrons. The third-order valence-corrected chi connectivity index (χ3v) is 5.33. The molecule has 1 N–H and O–H groups in total. The predicted octanol–water partition coefficient (Wildman–Crippen LogP) is 5.01. The van der Waals surface area contributed by atoms with Crippen LogP contribution in [0.15, 0.2) is 46.9 Å². The highest BCUT2D eigenvalue weighted by Crippen LogP contribution is 2.29. The summed E-state index contributed by atoms with van der Waals surface area (Å²) in [6, 6.07) is 13.8. The molecule has 138 valence electrons. The average molecular weight is 381 g/mol. The quantitative estimate of drug-likeness (QED) is 0.541. The van der Waals surface area contributed by atoms with Crippen LogP contribution in [-0.2, 0) is 0 Å². The van der Waals surface area contributed by atoms with Crippen molar-refractivity contribution in [2.75, 3.05) is 18.0 Å². The number of hydrogen-bond acceptors (Lipinski definition) is 4. The fourth-order valence-electron chi connectivity index (χ4n) is 3.29. The van der Waals surface area contributed by atoms with Crippen molar-refractivity contribution in [2.24, 2.45) is 0 Å². The number of halogens is 1. The smallest absolute Gasteiger partial charge is 0.248 e. The molecule has 0 unspecified atom stereocenters. The number of fused-ring (bicyclic) bond motifs is 2. The van der Waals surface area contributed by atoms with Crippen LogP contribution in [-0.4, -0.2) is 22.9 Å². The summed E-state index contributed by atoms with van der Waals surface area (Å²) in [6.07, 6.45) is 0. The maximum atomic E-state index is 8.52. The van der Waals surface area contributed by atoms with Gasteiger partial charge in [0.05, 0.1) is 11.3 Å². The summed E-state index contributed by atoms with van der Waals surface area (Å²) < 4.78 is 7.61. The van der Waals surface area contributed by atoms with E-state index >= 15 is 0 Å². The fraction of sp³-hybridized carbons (Fsp3) is 0.238. The van der Waals surface area contributed by atoms with E-state index in [1.165, 1.54) is 0 Å². The lowest BCUT2D eigenvalue weighted by molar-refractivity contribution is 0.590. The third-order valence-electron chi connectivity index (χ3n) is 4.92. The molecule has 2 aliphatic heterocycles. The first-order chi connectivity index (χ1) is 13.0. The van der Waals surface area contributed by atoms with Crippen LogP contribution in [0.4, 0.5) is 5.69 Å². The summed E-state index contributed by atoms with van der Waals surface area (Å²) in [7, 11) is 0. The van der Waals surface area contributed by atoms with E-state index in [0.717, 1.165) is 41.0 Å². The van der Waals surface area contributed by atoms with E-state index in [-0.39, 0.29) is 5.49 Å². The highest BCUT2D eigenvalue weighted by atomic mass is 35.5. The largest absolute Gasteiger partial charge is 0.436 e. The van der Waals surface area contributed by atoms with Crippen molar-refractivity contribution in [3.8, 4) is 17.1 Å². The molecule has 2 aliphatic rings. The van der Waals surface area contributed by atoms with Gasteiger partial charge in [0.2, 0.25) is 5.89 Å². The van der Waals surface area contributed by atoms with Gasteiger partial charge in [0.25, 0.3) is 0 Å². The SMILES string of the molecule is CCN(CC)c1ccc2cc3c(=N)n(-c4ccc(C)c(Cl)c4)nc-3oc2c1. The third kappa shape index (κ3) is 2.98. The maximum absolute atomic E-state index is 8.52. The Morgan fingerprint density at radius 1 is 1.11 bits per heavy atom. The van der Waals surface area contributed by atoms with Gasteiger partial charge in [0.1, 0.15) is 5.58 Å². The Hall–Kier alpha value is -2.79. The molecular formula is C21H21ClN4O. The summed E-state index contributed by atoms with van der Waals surface area (Å²) in [5, 5.41) is 14.6. The van der Waals surface area contributed by atoms with E-state index in [9.17, 15) is 0 Å². The Labute approximate surface area is 162 Å². The van der Waals surface area contributed by atoms with Crippen LogP contribution in [0.5, 0.6) is 0 Å². The Kier molecular flexibility index (Phi) is 4.40. The molecule has 6 heteroatoms. The molecule has 0 aromatic heterocycles. The number of rotatable bonds is 4. The lowest BCUT2D eigenvalue weighted by Gasteiger charge is -2.21. The van der Waals surface area contributed by atoms with Crippen LogP contribution in [0.3, 0.4) is 0 Å². The van der Waals surface area contributed by atoms with Gasteiger partial charge >= 0.3 is 0 Å². The molecule has 0 spiro atoms. The molecule has 4 rings (SSSR count). The van der Waals surface area contributed by atoms with Crippen LogP contribution in [0, 0.1) is 12.3 Å². The van der Waals surface area contributed by atoms with E-state index < -0.39 is 0 Å². The van der Waals surface area contributed by atoms with Gasteiger partial charge in [-0.25, -0.2) is 4.68 Å². The van der Waals surface area contributed by atoms with Crippen molar-refractivity contribution in [1.82, 2.24) is 9.78 Å². The molecule has 0 bridgehead atoms. The second-order valence-electron chi connectivity index (χ2n) is 6.55. The van der Waals surface area contributed by atoms with E-state index in [2.05, 4.69) is 29.9 Å². The molecular weight excluding hydrogens is 360 g/mol. The van der Waals surface area contributed by atoms with Gasteiger partial charge in [-0.15, -0.1) is 5.10 Å². The highest BCUT2D eigenvalue weighted by Gasteiger charge is 2.18. The van der Waals surface area contributed by atoms with Gasteiger partial charge in [-0.2, -0.15) is 0 Å². The Bertz CT molecular complexity index is 1160. The fourth-order valence-corrected chi connectivity index (χ4v) is 3.47. The molecule has 0 saturated carbocycles. The molecule has 0 aliphatic carbocycles. The first-order valence-electron chi connectivity index (χ1n) is 9.04. The van der Waals surface area contributed by atoms with Crippen LogP contribution < -0.4 is 10.4 Å². The summed E-state index contributed by atoms with van der Waals surface area (Å²) in [6.45, 7) is 8.08. The molecule has 0 amide bonds. The van der Waals surface area contributed by atoms with Crippen molar-refractivity contribution < 1.29 is 4.42 Å². The standard InChI is InChI=1S/C21H21ClN4O/c1-4-25(5-2)15-9-7-14-10-17-20(23)26(24-21(17)27-19(14)12-15)16-8-6-13(3)18(22)11-16/h6-12,23H,4-5H2,1-3H3. The molecule has 2 aromatic rings. The van der Waals surface area contributed by atoms with Gasteiger partial charge in [-0.1, -0.05) is 17.7 Å². The van der Waals surface area contributed by atoms with Gasteiger partial charge in [-0.3, -0.25) is 5.41 Å². The Morgan fingerprint density at radius 2 is 1.89 bits per heavy atom. The molecule has 0 saturated heterocycles. The number of nitrogens with zero attached hydrogens (tertiary/aromatic N) is 3. The first kappa shape index (κ1) is 17.6. The van der Waals surface area contributed by atoms with Crippen LogP contribution in [0.2, 0.25) is 5.02 Å². The zero-order chi connectivity index (χ0) is 19.1. The van der Waals surface area contributed by atoms with Crippen molar-refractivity contribution in [1.29, 1.82) is 5.41 Å². The minimum Gasteiger partial charge on any atom is -0.436 e. The predicted molar refractivity (Wildman–Crippen MR) is 109 cm³/mol. The zero-order valence-corrected chi connectivity index (χ0v) is 16.3. The van der Waals surface area contributed by atoms with E-state index in [0.29, 0.717) is 16.5 Å². The van der Waals surface area contributed by atoms with E-state index in [1.807, 2.05) is 43.3 Å². The topological polar surface area (TPSA) is 58.1 Å². The minimum absolute atomic E-state index is 0.281. The summed E-state index contributed by atoms with van der Waals surface area (Å²) in [5.41, 5.74) is 4.57. The van der Waals surface area contributed by atoms with E-state index in [4.69, 9.17) is 21.4 Å². The lowest BCUT2D eigenvalue weighted by atomic mass is 10.1. The molecule has 2 heterocycles. The maximum Gasteiger partial charge on any atom is 0.248 e. The van der Waals surface area contributed by atoms with Crippen LogP contribution in [0.1, 0.15) is 19.4 Å². The lowest BCUT2D eigenvalue weighted by Crippen LogP contribution is -2.21. The molecule has 27 heavy (non-hydrogen) atoms. The summed E-state index contributed by atoms with van der Waals surface area (Å²) in [4.78, 5) is 2.27. The zero-order valence-electron chi connectivity index (χ0n) is 15.6. The van der Waals surface area contributed by atoms with Gasteiger partial charge in [0.15, 0.2) is 5.49 Å². The number of hydrogen-bond donors (Lipinski definition) is 1. The molecule has 0 fully saturated rings. The average Bonchev–Trinajstić information content (AvgIpc) is 2.99. The molecule has 5 nitrogen and oxygen atoms in total. The normalized spacial score (nSPS) is 11.4. The van der Waals surface area contributed by atoms with Gasteiger partial charge in [0, 0.05) is 35.3 Å². The van der Waals surface area contributed by atoms with Crippen molar-refractivity contribution in [3.05, 3.63) is 58.5 Å². The van der Waals surface area contributed by atoms with E-state index in [1.54, 1.807) is 4.68 Å². The number of nitrogens with one attached hydrogen (secondary N) is 1. The number of aryl methyl sites for hydroxylation is 1. The van der Waals surface area contributed by atoms with Crippen molar-refractivity contribution in [2.45, 2.75) is 20.8 Å². The van der Waals surface area contributed by atoms with Gasteiger partial charge in [-0.05, 0) is 56.7 Å². The second kappa shape index (κ2) is 6.74. The Morgan fingerprint density at radius 3 is 2.59 bits per heavy atom. The van der Waals surface area contributed by atoms with Crippen LogP contribution in [0.25, 0.3) is 28.1 Å². The van der Waals surface area contributed by atoms with Crippen LogP contribution >= 0.6 is 11.6 Å². The highest BCUT2D eigenvalue weighted by molar-refractivity contribution is 6.31. The first-order valence-corrected chi connectivity index (χ1v) is 9.42. The number of aromatic nitrogens is 2. The van der Waals surface area contributed by atoms with Gasteiger partial charge < -0.3 is 9.32 Å². The minimum atomic E-state index is 0.281. The molecule has 2 aromatic carbocycles. The van der Waals surface area contributed by atoms with Crippen molar-refractivity contribution in [3.63, 3.8) is 0 Å². The summed E-state index contributed by atoms with van der Waals surface area (Å²) >= 11 is 6.24. The molecule has 0 atom stereocenters.